The fourth-order valence-electron chi connectivity index (χ4n) is 8.55. The predicted octanol–water partition coefficient (Wildman–Crippen LogP) is 6.11. The second-order valence-corrected chi connectivity index (χ2v) is 11.6. The topological polar surface area (TPSA) is 40.5 Å². The third kappa shape index (κ3) is 3.41. The molecule has 3 fully saturated rings. The fraction of sp³-hybridized carbons (Fsp3) is 0.923. The van der Waals surface area contributed by atoms with Crippen LogP contribution in [0.2, 0.25) is 0 Å². The molecule has 0 amide bonds. The van der Waals surface area contributed by atoms with Crippen LogP contribution in [-0.2, 0) is 0 Å². The Morgan fingerprint density at radius 1 is 1.04 bits per heavy atom. The molecule has 0 aromatic carbocycles. The van der Waals surface area contributed by atoms with Crippen LogP contribution >= 0.6 is 0 Å². The van der Waals surface area contributed by atoms with Gasteiger partial charge in [0.2, 0.25) is 0 Å². The van der Waals surface area contributed by atoms with E-state index in [1.165, 1.54) is 51.4 Å². The molecule has 0 aromatic rings. The van der Waals surface area contributed by atoms with E-state index in [1.54, 1.807) is 5.57 Å². The molecule has 2 heteroatoms. The Morgan fingerprint density at radius 3 is 2.57 bits per heavy atom. The number of aliphatic hydroxyl groups excluding tert-OH is 2. The monoisotopic (exact) mass is 388 g/mol. The van der Waals surface area contributed by atoms with Gasteiger partial charge in [0.05, 0.1) is 12.2 Å². The lowest BCUT2D eigenvalue weighted by Crippen LogP contribution is -2.50. The number of rotatable bonds is 5. The summed E-state index contributed by atoms with van der Waals surface area (Å²) < 4.78 is 0. The van der Waals surface area contributed by atoms with Crippen LogP contribution in [0.15, 0.2) is 11.6 Å². The van der Waals surface area contributed by atoms with Crippen molar-refractivity contribution in [2.75, 3.05) is 0 Å². The molecule has 4 aliphatic carbocycles. The lowest BCUT2D eigenvalue weighted by molar-refractivity contribution is -0.0573. The highest BCUT2D eigenvalue weighted by atomic mass is 16.3. The maximum Gasteiger partial charge on any atom is 0.0577 e. The number of fused-ring (bicyclic) bond motifs is 5. The highest BCUT2D eigenvalue weighted by molar-refractivity contribution is 5.25. The molecule has 160 valence electrons. The van der Waals surface area contributed by atoms with Crippen LogP contribution in [0.4, 0.5) is 0 Å². The third-order valence-electron chi connectivity index (χ3n) is 10.1. The van der Waals surface area contributed by atoms with Crippen LogP contribution in [0.5, 0.6) is 0 Å². The van der Waals surface area contributed by atoms with E-state index < -0.39 is 0 Å². The Kier molecular flexibility index (Phi) is 5.77. The number of hydrogen-bond donors (Lipinski definition) is 2. The summed E-state index contributed by atoms with van der Waals surface area (Å²) in [6.45, 7) is 9.60. The zero-order valence-corrected chi connectivity index (χ0v) is 18.8. The summed E-state index contributed by atoms with van der Waals surface area (Å²) in [5.41, 5.74) is 2.49. The van der Waals surface area contributed by atoms with Crippen LogP contribution in [-0.4, -0.2) is 22.4 Å². The van der Waals surface area contributed by atoms with Gasteiger partial charge in [-0.25, -0.2) is 0 Å². The Morgan fingerprint density at radius 2 is 1.82 bits per heavy atom. The summed E-state index contributed by atoms with van der Waals surface area (Å²) in [6, 6.07) is 0. The lowest BCUT2D eigenvalue weighted by Gasteiger charge is -2.58. The molecule has 4 aliphatic rings. The SMILES string of the molecule is CC(O)CCC[C@@H](C)[C@H]1CC[C@H]2[C@@H]3CC=C4C[C@@H](O)CC[C@]4(C)[C@H]3CC[C@]12C. The summed E-state index contributed by atoms with van der Waals surface area (Å²) in [4.78, 5) is 0. The van der Waals surface area contributed by atoms with E-state index in [-0.39, 0.29) is 12.2 Å². The molecular weight excluding hydrogens is 344 g/mol. The van der Waals surface area contributed by atoms with Crippen molar-refractivity contribution in [2.45, 2.75) is 111 Å². The fourth-order valence-corrected chi connectivity index (χ4v) is 8.55. The minimum absolute atomic E-state index is 0.0944. The quantitative estimate of drug-likeness (QED) is 0.558. The summed E-state index contributed by atoms with van der Waals surface area (Å²) in [7, 11) is 0. The lowest BCUT2D eigenvalue weighted by atomic mass is 9.47. The highest BCUT2D eigenvalue weighted by Crippen LogP contribution is 2.67. The second kappa shape index (κ2) is 7.73. The zero-order chi connectivity index (χ0) is 20.1. The van der Waals surface area contributed by atoms with E-state index in [0.717, 1.165) is 48.9 Å². The van der Waals surface area contributed by atoms with Crippen molar-refractivity contribution in [3.05, 3.63) is 11.6 Å². The smallest absolute Gasteiger partial charge is 0.0577 e. The van der Waals surface area contributed by atoms with E-state index in [0.29, 0.717) is 10.8 Å². The molecular formula is C26H44O2. The first-order chi connectivity index (χ1) is 13.3. The summed E-state index contributed by atoms with van der Waals surface area (Å²) in [6.07, 6.45) is 15.8. The van der Waals surface area contributed by atoms with E-state index in [2.05, 4.69) is 26.8 Å². The van der Waals surface area contributed by atoms with Crippen molar-refractivity contribution >= 4 is 0 Å². The highest BCUT2D eigenvalue weighted by Gasteiger charge is 2.59. The number of allylic oxidation sites excluding steroid dienone is 1. The maximum atomic E-state index is 10.2. The van der Waals surface area contributed by atoms with E-state index in [9.17, 15) is 10.2 Å². The molecule has 0 radical (unpaired) electrons. The van der Waals surface area contributed by atoms with Gasteiger partial charge in [-0.05, 0) is 105 Å². The van der Waals surface area contributed by atoms with Gasteiger partial charge in [0.1, 0.15) is 0 Å². The zero-order valence-electron chi connectivity index (χ0n) is 18.8. The molecule has 0 aromatic heterocycles. The van der Waals surface area contributed by atoms with E-state index in [1.807, 2.05) is 6.92 Å². The largest absolute Gasteiger partial charge is 0.393 e. The van der Waals surface area contributed by atoms with Gasteiger partial charge >= 0.3 is 0 Å². The van der Waals surface area contributed by atoms with Gasteiger partial charge in [0.15, 0.2) is 0 Å². The molecule has 9 atom stereocenters. The van der Waals surface area contributed by atoms with Gasteiger partial charge in [0, 0.05) is 0 Å². The molecule has 1 unspecified atom stereocenters. The van der Waals surface area contributed by atoms with Gasteiger partial charge < -0.3 is 10.2 Å². The van der Waals surface area contributed by atoms with Gasteiger partial charge in [-0.2, -0.15) is 0 Å². The molecule has 2 N–H and O–H groups in total. The van der Waals surface area contributed by atoms with Gasteiger partial charge in [0.25, 0.3) is 0 Å². The molecule has 0 saturated heterocycles. The first-order valence-corrected chi connectivity index (χ1v) is 12.3. The van der Waals surface area contributed by atoms with Gasteiger partial charge in [-0.15, -0.1) is 0 Å². The average molecular weight is 389 g/mol. The van der Waals surface area contributed by atoms with E-state index in [4.69, 9.17) is 0 Å². The molecule has 0 heterocycles. The Hall–Kier alpha value is -0.340. The summed E-state index contributed by atoms with van der Waals surface area (Å²) in [5, 5.41) is 19.8. The normalized spacial score (nSPS) is 47.5. The minimum atomic E-state index is -0.146. The Bertz CT molecular complexity index is 595. The Balaban J connectivity index is 1.49. The molecule has 2 nitrogen and oxygen atoms in total. The van der Waals surface area contributed by atoms with Crippen LogP contribution in [0, 0.1) is 40.4 Å². The standard InChI is InChI=1S/C26H44O2/c1-17(6-5-7-18(2)27)22-10-11-23-21-9-8-19-16-20(28)12-14-25(19,3)24(21)13-15-26(22,23)4/h8,17-18,20-24,27-28H,5-7,9-16H2,1-4H3/t17-,18?,20+,21+,22-,23+,24+,25+,26-/m1/s1. The molecule has 0 aliphatic heterocycles. The van der Waals surface area contributed by atoms with Crippen molar-refractivity contribution < 1.29 is 10.2 Å². The van der Waals surface area contributed by atoms with Crippen molar-refractivity contribution in [2.24, 2.45) is 40.4 Å². The van der Waals surface area contributed by atoms with Crippen LogP contribution in [0.25, 0.3) is 0 Å². The molecule has 3 saturated carbocycles. The van der Waals surface area contributed by atoms with Gasteiger partial charge in [-0.3, -0.25) is 0 Å². The second-order valence-electron chi connectivity index (χ2n) is 11.6. The van der Waals surface area contributed by atoms with Crippen LogP contribution in [0.3, 0.4) is 0 Å². The molecule has 28 heavy (non-hydrogen) atoms. The van der Waals surface area contributed by atoms with Crippen molar-refractivity contribution in [3.63, 3.8) is 0 Å². The van der Waals surface area contributed by atoms with Crippen molar-refractivity contribution in [1.29, 1.82) is 0 Å². The maximum absolute atomic E-state index is 10.2. The Labute approximate surface area is 173 Å². The summed E-state index contributed by atoms with van der Waals surface area (Å²) in [5.74, 6) is 4.29. The first kappa shape index (κ1) is 20.9. The van der Waals surface area contributed by atoms with Gasteiger partial charge in [-0.1, -0.05) is 45.3 Å². The molecule has 0 spiro atoms. The first-order valence-electron chi connectivity index (χ1n) is 12.3. The van der Waals surface area contributed by atoms with Crippen molar-refractivity contribution in [1.82, 2.24) is 0 Å². The minimum Gasteiger partial charge on any atom is -0.393 e. The number of aliphatic hydroxyl groups is 2. The third-order valence-corrected chi connectivity index (χ3v) is 10.1. The number of hydrogen-bond acceptors (Lipinski definition) is 2. The molecule has 0 bridgehead atoms. The van der Waals surface area contributed by atoms with Crippen LogP contribution < -0.4 is 0 Å². The van der Waals surface area contributed by atoms with E-state index >= 15 is 0 Å². The van der Waals surface area contributed by atoms with Crippen LogP contribution in [0.1, 0.15) is 98.3 Å². The average Bonchev–Trinajstić information content (AvgIpc) is 2.99. The van der Waals surface area contributed by atoms with Crippen molar-refractivity contribution in [3.8, 4) is 0 Å². The molecule has 4 rings (SSSR count). The summed E-state index contributed by atoms with van der Waals surface area (Å²) >= 11 is 0. The predicted molar refractivity (Wildman–Crippen MR) is 116 cm³/mol.